The van der Waals surface area contributed by atoms with Crippen LogP contribution in [0.3, 0.4) is 0 Å². The Morgan fingerprint density at radius 2 is 2.16 bits per heavy atom. The number of amides is 1. The normalized spacial score (nSPS) is 20.4. The monoisotopic (exact) mass is 262 g/mol. The third kappa shape index (κ3) is 3.47. The van der Waals surface area contributed by atoms with Gasteiger partial charge in [0.15, 0.2) is 6.10 Å². The van der Waals surface area contributed by atoms with E-state index in [2.05, 4.69) is 0 Å². The lowest BCUT2D eigenvalue weighted by Gasteiger charge is -2.21. The Morgan fingerprint density at radius 1 is 1.47 bits per heavy atom. The average Bonchev–Trinajstić information content (AvgIpc) is 2.89. The molecule has 1 aliphatic rings. The van der Waals surface area contributed by atoms with Crippen LogP contribution >= 0.6 is 0 Å². The maximum Gasteiger partial charge on any atom is 0.263 e. The maximum atomic E-state index is 12.2. The summed E-state index contributed by atoms with van der Waals surface area (Å²) in [4.78, 5) is 14.1. The average molecular weight is 262 g/mol. The fourth-order valence-corrected chi connectivity index (χ4v) is 2.35. The standard InChI is InChI=1S/C15H22N2O2/c1-11-3-5-14(6-4-11)19-12(2)15(18)17-8-7-13(9-16)10-17/h3-6,12-13H,7-10,16H2,1-2H3/t12-,13+/m0/s1. The minimum Gasteiger partial charge on any atom is -0.481 e. The smallest absolute Gasteiger partial charge is 0.263 e. The Bertz CT molecular complexity index is 430. The van der Waals surface area contributed by atoms with Crippen molar-refractivity contribution >= 4 is 5.91 Å². The summed E-state index contributed by atoms with van der Waals surface area (Å²) in [6.07, 6.45) is 0.554. The van der Waals surface area contributed by atoms with Crippen LogP contribution in [-0.2, 0) is 4.79 Å². The maximum absolute atomic E-state index is 12.2. The van der Waals surface area contributed by atoms with E-state index in [1.165, 1.54) is 5.56 Å². The van der Waals surface area contributed by atoms with Crippen molar-refractivity contribution in [2.75, 3.05) is 19.6 Å². The van der Waals surface area contributed by atoms with Gasteiger partial charge in [-0.25, -0.2) is 0 Å². The summed E-state index contributed by atoms with van der Waals surface area (Å²) in [5, 5.41) is 0. The lowest BCUT2D eigenvalue weighted by atomic mass is 10.1. The predicted molar refractivity (Wildman–Crippen MR) is 75.0 cm³/mol. The summed E-state index contributed by atoms with van der Waals surface area (Å²) in [6, 6.07) is 7.75. The number of benzene rings is 1. The molecule has 0 bridgehead atoms. The first-order valence-electron chi connectivity index (χ1n) is 6.82. The second kappa shape index (κ2) is 6.06. The SMILES string of the molecule is Cc1ccc(O[C@@H](C)C(=O)N2CC[C@H](CN)C2)cc1. The number of carbonyl (C=O) groups is 1. The molecule has 0 unspecified atom stereocenters. The predicted octanol–water partition coefficient (Wildman–Crippen LogP) is 1.57. The van der Waals surface area contributed by atoms with E-state index < -0.39 is 6.10 Å². The van der Waals surface area contributed by atoms with Gasteiger partial charge in [-0.3, -0.25) is 4.79 Å². The highest BCUT2D eigenvalue weighted by Gasteiger charge is 2.29. The van der Waals surface area contributed by atoms with Crippen LogP contribution in [0.25, 0.3) is 0 Å². The first kappa shape index (κ1) is 13.9. The molecule has 0 saturated carbocycles. The highest BCUT2D eigenvalue weighted by atomic mass is 16.5. The fourth-order valence-electron chi connectivity index (χ4n) is 2.35. The second-order valence-electron chi connectivity index (χ2n) is 5.25. The van der Waals surface area contributed by atoms with Gasteiger partial charge in [0.25, 0.3) is 5.91 Å². The van der Waals surface area contributed by atoms with E-state index in [4.69, 9.17) is 10.5 Å². The molecule has 1 aromatic rings. The highest BCUT2D eigenvalue weighted by Crippen LogP contribution is 2.18. The van der Waals surface area contributed by atoms with Gasteiger partial charge in [0.05, 0.1) is 0 Å². The number of hydrogen-bond donors (Lipinski definition) is 1. The molecular weight excluding hydrogens is 240 g/mol. The second-order valence-corrected chi connectivity index (χ2v) is 5.25. The van der Waals surface area contributed by atoms with Crippen LogP contribution in [0, 0.1) is 12.8 Å². The third-order valence-corrected chi connectivity index (χ3v) is 3.61. The number of likely N-dealkylation sites (tertiary alicyclic amines) is 1. The van der Waals surface area contributed by atoms with Crippen molar-refractivity contribution in [3.05, 3.63) is 29.8 Å². The topological polar surface area (TPSA) is 55.6 Å². The molecule has 104 valence electrons. The van der Waals surface area contributed by atoms with E-state index in [1.807, 2.05) is 36.1 Å². The zero-order valence-corrected chi connectivity index (χ0v) is 11.6. The summed E-state index contributed by atoms with van der Waals surface area (Å²) < 4.78 is 5.69. The van der Waals surface area contributed by atoms with Crippen LogP contribution < -0.4 is 10.5 Å². The number of carbonyl (C=O) groups excluding carboxylic acids is 1. The van der Waals surface area contributed by atoms with Gasteiger partial charge < -0.3 is 15.4 Å². The number of rotatable bonds is 4. The van der Waals surface area contributed by atoms with Crippen LogP contribution in [0.2, 0.25) is 0 Å². The van der Waals surface area contributed by atoms with E-state index in [-0.39, 0.29) is 5.91 Å². The molecule has 1 aromatic carbocycles. The Balaban J connectivity index is 1.91. The van der Waals surface area contributed by atoms with E-state index in [1.54, 1.807) is 6.92 Å². The molecule has 0 radical (unpaired) electrons. The first-order chi connectivity index (χ1) is 9.10. The van der Waals surface area contributed by atoms with Crippen molar-refractivity contribution in [3.63, 3.8) is 0 Å². The van der Waals surface area contributed by atoms with E-state index >= 15 is 0 Å². The van der Waals surface area contributed by atoms with Gasteiger partial charge in [-0.05, 0) is 44.9 Å². The molecular formula is C15H22N2O2. The molecule has 1 heterocycles. The quantitative estimate of drug-likeness (QED) is 0.896. The zero-order chi connectivity index (χ0) is 13.8. The van der Waals surface area contributed by atoms with Crippen molar-refractivity contribution in [3.8, 4) is 5.75 Å². The molecule has 1 fully saturated rings. The molecule has 4 heteroatoms. The van der Waals surface area contributed by atoms with Crippen molar-refractivity contribution in [2.24, 2.45) is 11.7 Å². The summed E-state index contributed by atoms with van der Waals surface area (Å²) in [5.74, 6) is 1.23. The first-order valence-corrected chi connectivity index (χ1v) is 6.82. The number of ether oxygens (including phenoxy) is 1. The number of nitrogens with two attached hydrogens (primary N) is 1. The Labute approximate surface area is 114 Å². The molecule has 2 atom stereocenters. The molecule has 19 heavy (non-hydrogen) atoms. The third-order valence-electron chi connectivity index (χ3n) is 3.61. The van der Waals surface area contributed by atoms with Gasteiger partial charge in [0.1, 0.15) is 5.75 Å². The van der Waals surface area contributed by atoms with Crippen LogP contribution in [0.1, 0.15) is 18.9 Å². The molecule has 0 spiro atoms. The molecule has 1 saturated heterocycles. The molecule has 1 aliphatic heterocycles. The molecule has 4 nitrogen and oxygen atoms in total. The zero-order valence-electron chi connectivity index (χ0n) is 11.6. The summed E-state index contributed by atoms with van der Waals surface area (Å²) >= 11 is 0. The number of aryl methyl sites for hydroxylation is 1. The molecule has 2 rings (SSSR count). The lowest BCUT2D eigenvalue weighted by Crippen LogP contribution is -2.39. The molecule has 0 aromatic heterocycles. The largest absolute Gasteiger partial charge is 0.481 e. The van der Waals surface area contributed by atoms with Crippen molar-refractivity contribution in [1.29, 1.82) is 0 Å². The van der Waals surface area contributed by atoms with Crippen LogP contribution in [0.5, 0.6) is 5.75 Å². The van der Waals surface area contributed by atoms with Gasteiger partial charge in [-0.1, -0.05) is 17.7 Å². The molecule has 0 aliphatic carbocycles. The van der Waals surface area contributed by atoms with E-state index in [9.17, 15) is 4.79 Å². The van der Waals surface area contributed by atoms with Crippen molar-refractivity contribution in [2.45, 2.75) is 26.4 Å². The minimum atomic E-state index is -0.445. The van der Waals surface area contributed by atoms with Gasteiger partial charge in [-0.15, -0.1) is 0 Å². The molecule has 1 amide bonds. The summed E-state index contributed by atoms with van der Waals surface area (Å²) in [6.45, 7) is 6.03. The number of hydrogen-bond acceptors (Lipinski definition) is 3. The minimum absolute atomic E-state index is 0.0523. The lowest BCUT2D eigenvalue weighted by molar-refractivity contribution is -0.136. The Hall–Kier alpha value is -1.55. The molecule has 2 N–H and O–H groups in total. The van der Waals surface area contributed by atoms with E-state index in [0.717, 1.165) is 25.3 Å². The van der Waals surface area contributed by atoms with Gasteiger partial charge in [0, 0.05) is 13.1 Å². The van der Waals surface area contributed by atoms with Crippen LogP contribution in [0.4, 0.5) is 0 Å². The Morgan fingerprint density at radius 3 is 2.74 bits per heavy atom. The highest BCUT2D eigenvalue weighted by molar-refractivity contribution is 5.81. The van der Waals surface area contributed by atoms with Crippen LogP contribution in [0.15, 0.2) is 24.3 Å². The Kier molecular flexibility index (Phi) is 4.43. The number of nitrogens with zero attached hydrogens (tertiary/aromatic N) is 1. The summed E-state index contributed by atoms with van der Waals surface area (Å²) in [5.41, 5.74) is 6.82. The fraction of sp³-hybridized carbons (Fsp3) is 0.533. The van der Waals surface area contributed by atoms with Gasteiger partial charge >= 0.3 is 0 Å². The van der Waals surface area contributed by atoms with Crippen molar-refractivity contribution < 1.29 is 9.53 Å². The van der Waals surface area contributed by atoms with E-state index in [0.29, 0.717) is 12.5 Å². The summed E-state index contributed by atoms with van der Waals surface area (Å²) in [7, 11) is 0. The van der Waals surface area contributed by atoms with Crippen LogP contribution in [-0.4, -0.2) is 36.5 Å². The van der Waals surface area contributed by atoms with Crippen molar-refractivity contribution in [1.82, 2.24) is 4.90 Å². The van der Waals surface area contributed by atoms with Gasteiger partial charge in [-0.2, -0.15) is 0 Å². The van der Waals surface area contributed by atoms with Gasteiger partial charge in [0.2, 0.25) is 0 Å².